The van der Waals surface area contributed by atoms with Gasteiger partial charge < -0.3 is 10.1 Å². The van der Waals surface area contributed by atoms with Crippen molar-refractivity contribution in [2.24, 2.45) is 0 Å². The fourth-order valence-corrected chi connectivity index (χ4v) is 1.67. The quantitative estimate of drug-likeness (QED) is 0.483. The third-order valence-electron chi connectivity index (χ3n) is 2.85. The van der Waals surface area contributed by atoms with Gasteiger partial charge in [0, 0.05) is 18.2 Å². The van der Waals surface area contributed by atoms with Crippen LogP contribution in [-0.2, 0) is 16.1 Å². The van der Waals surface area contributed by atoms with Gasteiger partial charge in [-0.3, -0.25) is 14.9 Å². The summed E-state index contributed by atoms with van der Waals surface area (Å²) in [4.78, 5) is 21.8. The summed E-state index contributed by atoms with van der Waals surface area (Å²) in [6.45, 7) is 5.86. The molecule has 0 bridgehead atoms. The minimum absolute atomic E-state index is 0.0862. The van der Waals surface area contributed by atoms with E-state index >= 15 is 0 Å². The molecule has 0 aliphatic heterocycles. The van der Waals surface area contributed by atoms with E-state index in [4.69, 9.17) is 4.74 Å². The second-order valence-corrected chi connectivity index (χ2v) is 4.17. The SMILES string of the molecule is CCOC(=O)[C@@H](C)NCc1cccc([N+](=O)[O-])c1C. The Morgan fingerprint density at radius 1 is 1.53 bits per heavy atom. The van der Waals surface area contributed by atoms with Crippen LogP contribution in [0.15, 0.2) is 18.2 Å². The van der Waals surface area contributed by atoms with Crippen molar-refractivity contribution in [3.8, 4) is 0 Å². The summed E-state index contributed by atoms with van der Waals surface area (Å²) in [6.07, 6.45) is 0. The van der Waals surface area contributed by atoms with Crippen molar-refractivity contribution in [2.45, 2.75) is 33.4 Å². The van der Waals surface area contributed by atoms with E-state index in [1.165, 1.54) is 6.07 Å². The minimum Gasteiger partial charge on any atom is -0.465 e. The number of esters is 1. The zero-order valence-electron chi connectivity index (χ0n) is 11.3. The number of nitrogens with zero attached hydrogens (tertiary/aromatic N) is 1. The molecule has 19 heavy (non-hydrogen) atoms. The van der Waals surface area contributed by atoms with Crippen molar-refractivity contribution in [3.05, 3.63) is 39.4 Å². The Kier molecular flexibility index (Phi) is 5.44. The molecule has 1 aromatic rings. The Balaban J connectivity index is 2.71. The molecule has 6 heteroatoms. The van der Waals surface area contributed by atoms with Crippen LogP contribution in [0.5, 0.6) is 0 Å². The van der Waals surface area contributed by atoms with Gasteiger partial charge in [0.25, 0.3) is 5.69 Å². The van der Waals surface area contributed by atoms with Gasteiger partial charge in [0.1, 0.15) is 6.04 Å². The summed E-state index contributed by atoms with van der Waals surface area (Å²) in [7, 11) is 0. The highest BCUT2D eigenvalue weighted by Crippen LogP contribution is 2.20. The van der Waals surface area contributed by atoms with Crippen molar-refractivity contribution in [3.63, 3.8) is 0 Å². The first kappa shape index (κ1) is 15.1. The van der Waals surface area contributed by atoms with Gasteiger partial charge in [-0.2, -0.15) is 0 Å². The Morgan fingerprint density at radius 2 is 2.21 bits per heavy atom. The van der Waals surface area contributed by atoms with Crippen molar-refractivity contribution >= 4 is 11.7 Å². The second-order valence-electron chi connectivity index (χ2n) is 4.17. The molecular weight excluding hydrogens is 248 g/mol. The normalized spacial score (nSPS) is 11.9. The molecule has 1 N–H and O–H groups in total. The Labute approximate surface area is 111 Å². The second kappa shape index (κ2) is 6.84. The molecule has 0 saturated carbocycles. The summed E-state index contributed by atoms with van der Waals surface area (Å²) in [5, 5.41) is 13.8. The number of carbonyl (C=O) groups is 1. The standard InChI is InChI=1S/C13H18N2O4/c1-4-19-13(16)10(3)14-8-11-6-5-7-12(9(11)2)15(17)18/h5-7,10,14H,4,8H2,1-3H3/t10-/m1/s1. The number of nitro groups is 1. The van der Waals surface area contributed by atoms with E-state index < -0.39 is 11.0 Å². The molecule has 1 aromatic carbocycles. The van der Waals surface area contributed by atoms with Crippen molar-refractivity contribution < 1.29 is 14.5 Å². The van der Waals surface area contributed by atoms with E-state index in [9.17, 15) is 14.9 Å². The summed E-state index contributed by atoms with van der Waals surface area (Å²) in [6, 6.07) is 4.46. The van der Waals surface area contributed by atoms with Crippen LogP contribution in [0.1, 0.15) is 25.0 Å². The lowest BCUT2D eigenvalue weighted by Crippen LogP contribution is -2.35. The van der Waals surface area contributed by atoms with Gasteiger partial charge in [0.2, 0.25) is 0 Å². The summed E-state index contributed by atoms with van der Waals surface area (Å²) in [5.41, 5.74) is 1.49. The maximum atomic E-state index is 11.4. The lowest BCUT2D eigenvalue weighted by molar-refractivity contribution is -0.385. The Hall–Kier alpha value is -1.95. The van der Waals surface area contributed by atoms with E-state index in [-0.39, 0.29) is 11.7 Å². The molecule has 0 fully saturated rings. The molecule has 6 nitrogen and oxygen atoms in total. The van der Waals surface area contributed by atoms with Gasteiger partial charge in [-0.05, 0) is 26.3 Å². The summed E-state index contributed by atoms with van der Waals surface area (Å²) >= 11 is 0. The maximum Gasteiger partial charge on any atom is 0.322 e. The van der Waals surface area contributed by atoms with E-state index in [2.05, 4.69) is 5.32 Å². The lowest BCUT2D eigenvalue weighted by atomic mass is 10.1. The monoisotopic (exact) mass is 266 g/mol. The number of nitrogens with one attached hydrogen (secondary N) is 1. The first-order chi connectivity index (χ1) is 8.97. The highest BCUT2D eigenvalue weighted by molar-refractivity contribution is 5.75. The molecule has 0 aromatic heterocycles. The van der Waals surface area contributed by atoms with Crippen molar-refractivity contribution in [1.82, 2.24) is 5.32 Å². The van der Waals surface area contributed by atoms with Gasteiger partial charge in [0.05, 0.1) is 11.5 Å². The highest BCUT2D eigenvalue weighted by atomic mass is 16.6. The average molecular weight is 266 g/mol. The predicted octanol–water partition coefficient (Wildman–Crippen LogP) is 1.94. The lowest BCUT2D eigenvalue weighted by Gasteiger charge is -2.13. The average Bonchev–Trinajstić information content (AvgIpc) is 2.37. The number of ether oxygens (including phenoxy) is 1. The van der Waals surface area contributed by atoms with E-state index in [0.717, 1.165) is 5.56 Å². The maximum absolute atomic E-state index is 11.4. The molecule has 1 rings (SSSR count). The predicted molar refractivity (Wildman–Crippen MR) is 70.8 cm³/mol. The van der Waals surface area contributed by atoms with Gasteiger partial charge in [-0.25, -0.2) is 0 Å². The van der Waals surface area contributed by atoms with Crippen LogP contribution in [0, 0.1) is 17.0 Å². The number of rotatable bonds is 6. The molecule has 0 aliphatic carbocycles. The van der Waals surface area contributed by atoms with Crippen LogP contribution < -0.4 is 5.32 Å². The van der Waals surface area contributed by atoms with Gasteiger partial charge in [-0.1, -0.05) is 12.1 Å². The fraction of sp³-hybridized carbons (Fsp3) is 0.462. The topological polar surface area (TPSA) is 81.5 Å². The number of nitro benzene ring substituents is 1. The fourth-order valence-electron chi connectivity index (χ4n) is 1.67. The Bertz CT molecular complexity index is 474. The molecule has 0 aliphatic rings. The smallest absolute Gasteiger partial charge is 0.322 e. The van der Waals surface area contributed by atoms with Gasteiger partial charge in [-0.15, -0.1) is 0 Å². The first-order valence-electron chi connectivity index (χ1n) is 6.10. The number of carbonyl (C=O) groups excluding carboxylic acids is 1. The van der Waals surface area contributed by atoms with Crippen LogP contribution in [0.4, 0.5) is 5.69 Å². The number of hydrogen-bond donors (Lipinski definition) is 1. The van der Waals surface area contributed by atoms with Crippen LogP contribution in [0.25, 0.3) is 0 Å². The highest BCUT2D eigenvalue weighted by Gasteiger charge is 2.16. The van der Waals surface area contributed by atoms with Crippen LogP contribution in [0.3, 0.4) is 0 Å². The third kappa shape index (κ3) is 4.03. The molecule has 0 radical (unpaired) electrons. The van der Waals surface area contributed by atoms with Crippen LogP contribution in [0.2, 0.25) is 0 Å². The van der Waals surface area contributed by atoms with Crippen LogP contribution in [-0.4, -0.2) is 23.5 Å². The first-order valence-corrected chi connectivity index (χ1v) is 6.10. The molecule has 104 valence electrons. The van der Waals surface area contributed by atoms with Crippen molar-refractivity contribution in [1.29, 1.82) is 0 Å². The molecule has 0 heterocycles. The Morgan fingerprint density at radius 3 is 2.79 bits per heavy atom. The summed E-state index contributed by atoms with van der Waals surface area (Å²) < 4.78 is 4.87. The van der Waals surface area contributed by atoms with E-state index in [1.54, 1.807) is 32.9 Å². The minimum atomic E-state index is -0.446. The van der Waals surface area contributed by atoms with Gasteiger partial charge >= 0.3 is 5.97 Å². The summed E-state index contributed by atoms with van der Waals surface area (Å²) in [5.74, 6) is -0.328. The van der Waals surface area contributed by atoms with Gasteiger partial charge in [0.15, 0.2) is 0 Å². The molecule has 0 saturated heterocycles. The van der Waals surface area contributed by atoms with E-state index in [1.807, 2.05) is 0 Å². The molecule has 0 unspecified atom stereocenters. The number of hydrogen-bond acceptors (Lipinski definition) is 5. The number of benzene rings is 1. The molecule has 0 spiro atoms. The molecule has 0 amide bonds. The van der Waals surface area contributed by atoms with Crippen LogP contribution >= 0.6 is 0 Å². The van der Waals surface area contributed by atoms with E-state index in [0.29, 0.717) is 18.7 Å². The third-order valence-corrected chi connectivity index (χ3v) is 2.85. The zero-order chi connectivity index (χ0) is 14.4. The zero-order valence-corrected chi connectivity index (χ0v) is 11.3. The largest absolute Gasteiger partial charge is 0.465 e. The van der Waals surface area contributed by atoms with Crippen molar-refractivity contribution in [2.75, 3.05) is 6.61 Å². The molecular formula is C13H18N2O4. The molecule has 1 atom stereocenters.